The van der Waals surface area contributed by atoms with E-state index in [1.165, 1.54) is 10.4 Å². The van der Waals surface area contributed by atoms with Gasteiger partial charge in [0.05, 0.1) is 25.2 Å². The summed E-state index contributed by atoms with van der Waals surface area (Å²) in [5.74, 6) is -0.177. The van der Waals surface area contributed by atoms with E-state index in [2.05, 4.69) is 134 Å². The number of rotatable bonds is 12. The average molecular weight is 607 g/mol. The molecule has 1 aliphatic rings. The molecular weight excluding hydrogens is 553 g/mol. The van der Waals surface area contributed by atoms with Crippen molar-refractivity contribution in [2.75, 3.05) is 6.61 Å². The van der Waals surface area contributed by atoms with E-state index >= 15 is 0 Å². The van der Waals surface area contributed by atoms with E-state index in [4.69, 9.17) is 13.6 Å². The van der Waals surface area contributed by atoms with Crippen LogP contribution >= 0.6 is 0 Å². The van der Waals surface area contributed by atoms with Crippen LogP contribution in [0.2, 0.25) is 23.2 Å². The van der Waals surface area contributed by atoms with Gasteiger partial charge in [-0.2, -0.15) is 0 Å². The van der Waals surface area contributed by atoms with Gasteiger partial charge in [0.1, 0.15) is 0 Å². The zero-order valence-corrected chi connectivity index (χ0v) is 29.5. The summed E-state index contributed by atoms with van der Waals surface area (Å²) in [6, 6.07) is 21.4. The molecule has 4 nitrogen and oxygen atoms in total. The van der Waals surface area contributed by atoms with Crippen molar-refractivity contribution < 1.29 is 18.4 Å². The van der Waals surface area contributed by atoms with Gasteiger partial charge in [0, 0.05) is 5.92 Å². The first kappa shape index (κ1) is 34.2. The molecule has 0 N–H and O–H groups in total. The molecule has 6 heteroatoms. The monoisotopic (exact) mass is 606 g/mol. The Morgan fingerprint density at radius 1 is 0.810 bits per heavy atom. The van der Waals surface area contributed by atoms with Gasteiger partial charge < -0.3 is 13.6 Å². The van der Waals surface area contributed by atoms with Crippen LogP contribution in [-0.4, -0.2) is 41.4 Å². The van der Waals surface area contributed by atoms with Gasteiger partial charge in [-0.05, 0) is 59.2 Å². The fourth-order valence-electron chi connectivity index (χ4n) is 6.03. The molecule has 0 aromatic heterocycles. The first-order valence-electron chi connectivity index (χ1n) is 15.6. The third-order valence-electron chi connectivity index (χ3n) is 9.26. The third kappa shape index (κ3) is 7.63. The topological polar surface area (TPSA) is 44.8 Å². The predicted octanol–water partition coefficient (Wildman–Crippen LogP) is 8.04. The highest BCUT2D eigenvalue weighted by molar-refractivity contribution is 6.99. The third-order valence-corrected chi connectivity index (χ3v) is 18.8. The van der Waals surface area contributed by atoms with Crippen LogP contribution in [0.15, 0.2) is 85.5 Å². The lowest BCUT2D eigenvalue weighted by Crippen LogP contribution is -2.68. The highest BCUT2D eigenvalue weighted by Gasteiger charge is 2.53. The molecule has 0 amide bonds. The number of carbonyl (C=O) groups is 1. The van der Waals surface area contributed by atoms with Crippen LogP contribution in [0.1, 0.15) is 67.7 Å². The predicted molar refractivity (Wildman–Crippen MR) is 181 cm³/mol. The molecule has 3 rings (SSSR count). The summed E-state index contributed by atoms with van der Waals surface area (Å²) in [6.07, 6.45) is 8.06. The molecule has 1 aliphatic carbocycles. The van der Waals surface area contributed by atoms with Gasteiger partial charge in [-0.3, -0.25) is 4.79 Å². The van der Waals surface area contributed by atoms with Crippen LogP contribution in [0.4, 0.5) is 0 Å². The number of hydrogen-bond donors (Lipinski definition) is 0. The van der Waals surface area contributed by atoms with Crippen LogP contribution in [0, 0.1) is 11.8 Å². The fraction of sp³-hybridized carbons (Fsp3) is 0.528. The molecule has 0 spiro atoms. The van der Waals surface area contributed by atoms with Crippen molar-refractivity contribution in [2.45, 2.75) is 103 Å². The van der Waals surface area contributed by atoms with Crippen molar-refractivity contribution in [1.82, 2.24) is 0 Å². The first-order chi connectivity index (χ1) is 19.7. The van der Waals surface area contributed by atoms with Crippen molar-refractivity contribution >= 4 is 33.0 Å². The average Bonchev–Trinajstić information content (AvgIpc) is 2.92. The molecule has 0 saturated carbocycles. The highest BCUT2D eigenvalue weighted by atomic mass is 28.4. The fourth-order valence-corrected chi connectivity index (χ4v) is 12.0. The Bertz CT molecular complexity index is 1140. The van der Waals surface area contributed by atoms with Crippen molar-refractivity contribution in [3.63, 3.8) is 0 Å². The molecule has 0 fully saturated rings. The summed E-state index contributed by atoms with van der Waals surface area (Å²) in [5.41, 5.74) is 0. The molecule has 42 heavy (non-hydrogen) atoms. The molecule has 4 atom stereocenters. The van der Waals surface area contributed by atoms with Crippen LogP contribution in [-0.2, 0) is 18.4 Å². The second-order valence-electron chi connectivity index (χ2n) is 14.2. The summed E-state index contributed by atoms with van der Waals surface area (Å²) in [4.78, 5) is 13.2. The second kappa shape index (κ2) is 14.0. The van der Waals surface area contributed by atoms with E-state index in [1.54, 1.807) is 0 Å². The van der Waals surface area contributed by atoms with Gasteiger partial charge in [-0.1, -0.05) is 120 Å². The zero-order chi connectivity index (χ0) is 31.2. The first-order valence-corrected chi connectivity index (χ1v) is 20.4. The lowest BCUT2D eigenvalue weighted by atomic mass is 9.75. The Kier molecular flexibility index (Phi) is 11.4. The molecule has 2 aromatic rings. The van der Waals surface area contributed by atoms with Crippen molar-refractivity contribution in [1.29, 1.82) is 0 Å². The standard InChI is InChI=1S/C36H54O4Si2/c1-11-13-24-30-31(27-34(37)38-12-2)33(26-25-32(30)39-41(9,10)35(3,4)5)40-42(36(6,7)8,28-20-16-14-17-21-28)29-22-18-15-19-23-29/h11,14-23,25-26,30-33H,1,12-13,24,27H2,2-10H3/t30-,31-,32-,33+/m1/s1. The Balaban J connectivity index is 2.20. The maximum atomic E-state index is 13.2. The summed E-state index contributed by atoms with van der Waals surface area (Å²) in [5, 5.41) is 2.36. The largest absolute Gasteiger partial charge is 0.466 e. The maximum absolute atomic E-state index is 13.2. The Morgan fingerprint density at radius 3 is 1.74 bits per heavy atom. The van der Waals surface area contributed by atoms with Crippen LogP contribution < -0.4 is 10.4 Å². The number of carbonyl (C=O) groups excluding carboxylic acids is 1. The minimum atomic E-state index is -2.86. The zero-order valence-electron chi connectivity index (χ0n) is 27.5. The molecule has 0 aliphatic heterocycles. The number of esters is 1. The van der Waals surface area contributed by atoms with E-state index in [-0.39, 0.29) is 40.1 Å². The summed E-state index contributed by atoms with van der Waals surface area (Å²) in [7, 11) is -4.95. The Morgan fingerprint density at radius 2 is 1.31 bits per heavy atom. The molecule has 0 saturated heterocycles. The lowest BCUT2D eigenvalue weighted by Gasteiger charge is -2.49. The molecule has 230 valence electrons. The van der Waals surface area contributed by atoms with E-state index in [0.717, 1.165) is 12.8 Å². The highest BCUT2D eigenvalue weighted by Crippen LogP contribution is 2.45. The summed E-state index contributed by atoms with van der Waals surface area (Å²) in [6.45, 7) is 24.6. The Hall–Kier alpha value is -2.26. The summed E-state index contributed by atoms with van der Waals surface area (Å²) >= 11 is 0. The normalized spacial score (nSPS) is 21.6. The van der Waals surface area contributed by atoms with Gasteiger partial charge >= 0.3 is 5.97 Å². The summed E-state index contributed by atoms with van der Waals surface area (Å²) < 4.78 is 20.2. The van der Waals surface area contributed by atoms with Gasteiger partial charge in [-0.25, -0.2) is 0 Å². The Labute approximate surface area is 257 Å². The van der Waals surface area contributed by atoms with Crippen molar-refractivity contribution in [3.05, 3.63) is 85.5 Å². The molecule has 2 aromatic carbocycles. The SMILES string of the molecule is C=CCC[C@@H]1[C@@H](CC(=O)OCC)[C@@H](O[Si](c2ccccc2)(c2ccccc2)C(C)(C)C)C=C[C@H]1O[Si](C)(C)C(C)(C)C. The molecule has 0 heterocycles. The van der Waals surface area contributed by atoms with Crippen molar-refractivity contribution in [2.24, 2.45) is 11.8 Å². The van der Waals surface area contributed by atoms with Gasteiger partial charge in [0.2, 0.25) is 0 Å². The smallest absolute Gasteiger partial charge is 0.306 e. The lowest BCUT2D eigenvalue weighted by molar-refractivity contribution is -0.146. The van der Waals surface area contributed by atoms with Crippen molar-refractivity contribution in [3.8, 4) is 0 Å². The van der Waals surface area contributed by atoms with E-state index in [0.29, 0.717) is 13.0 Å². The number of hydrogen-bond acceptors (Lipinski definition) is 4. The maximum Gasteiger partial charge on any atom is 0.306 e. The molecular formula is C36H54O4Si2. The van der Waals surface area contributed by atoms with E-state index < -0.39 is 16.6 Å². The van der Waals surface area contributed by atoms with Gasteiger partial charge in [0.15, 0.2) is 8.32 Å². The number of allylic oxidation sites excluding steroid dienone is 1. The molecule has 0 radical (unpaired) electrons. The minimum absolute atomic E-state index is 0.0722. The molecule has 0 unspecified atom stereocenters. The second-order valence-corrected chi connectivity index (χ2v) is 23.2. The molecule has 0 bridgehead atoms. The van der Waals surface area contributed by atoms with Gasteiger partial charge in [-0.15, -0.1) is 6.58 Å². The van der Waals surface area contributed by atoms with Crippen LogP contribution in [0.5, 0.6) is 0 Å². The van der Waals surface area contributed by atoms with Crippen LogP contribution in [0.25, 0.3) is 0 Å². The van der Waals surface area contributed by atoms with Crippen LogP contribution in [0.3, 0.4) is 0 Å². The quantitative estimate of drug-likeness (QED) is 0.139. The number of benzene rings is 2. The van der Waals surface area contributed by atoms with E-state index in [1.807, 2.05) is 13.0 Å². The number of ether oxygens (including phenoxy) is 1. The van der Waals surface area contributed by atoms with E-state index in [9.17, 15) is 4.79 Å². The minimum Gasteiger partial charge on any atom is -0.466 e. The van der Waals surface area contributed by atoms with Gasteiger partial charge in [0.25, 0.3) is 8.32 Å².